The summed E-state index contributed by atoms with van der Waals surface area (Å²) in [5.41, 5.74) is 1.35. The highest BCUT2D eigenvalue weighted by Crippen LogP contribution is 2.17. The second-order valence-corrected chi connectivity index (χ2v) is 5.12. The second kappa shape index (κ2) is 6.03. The summed E-state index contributed by atoms with van der Waals surface area (Å²) in [6.45, 7) is 6.23. The Labute approximate surface area is 105 Å². The highest BCUT2D eigenvalue weighted by molar-refractivity contribution is 5.32. The number of benzene rings is 1. The number of nitrogens with one attached hydrogen (secondary N) is 1. The van der Waals surface area contributed by atoms with E-state index in [0.717, 1.165) is 18.8 Å². The van der Waals surface area contributed by atoms with Crippen molar-refractivity contribution in [3.63, 3.8) is 0 Å². The van der Waals surface area contributed by atoms with Crippen LogP contribution in [0.1, 0.15) is 19.4 Å². The maximum Gasteiger partial charge on any atom is 0.123 e. The van der Waals surface area contributed by atoms with E-state index in [1.165, 1.54) is 5.56 Å². The van der Waals surface area contributed by atoms with Crippen LogP contribution in [0.15, 0.2) is 24.3 Å². The number of para-hydroxylation sites is 1. The Morgan fingerprint density at radius 3 is 2.47 bits per heavy atom. The molecule has 0 atom stereocenters. The monoisotopic (exact) mass is 236 g/mol. The zero-order valence-electron chi connectivity index (χ0n) is 11.6. The van der Waals surface area contributed by atoms with Crippen molar-refractivity contribution >= 4 is 0 Å². The molecule has 0 fully saturated rings. The maximum absolute atomic E-state index is 5.33. The Morgan fingerprint density at radius 2 is 1.88 bits per heavy atom. The van der Waals surface area contributed by atoms with Crippen LogP contribution in [0, 0.1) is 0 Å². The van der Waals surface area contributed by atoms with Gasteiger partial charge in [0.25, 0.3) is 0 Å². The van der Waals surface area contributed by atoms with Crippen molar-refractivity contribution in [1.29, 1.82) is 0 Å². The van der Waals surface area contributed by atoms with Crippen LogP contribution in [0.5, 0.6) is 5.75 Å². The van der Waals surface area contributed by atoms with Crippen molar-refractivity contribution in [3.8, 4) is 5.75 Å². The Morgan fingerprint density at radius 1 is 1.24 bits per heavy atom. The molecule has 96 valence electrons. The van der Waals surface area contributed by atoms with Gasteiger partial charge in [-0.05, 0) is 34.0 Å². The fraction of sp³-hybridized carbons (Fsp3) is 0.571. The molecule has 1 N–H and O–H groups in total. The number of hydrogen-bond acceptors (Lipinski definition) is 3. The molecular weight excluding hydrogens is 212 g/mol. The fourth-order valence-electron chi connectivity index (χ4n) is 1.51. The van der Waals surface area contributed by atoms with E-state index < -0.39 is 0 Å². The van der Waals surface area contributed by atoms with Gasteiger partial charge in [0.15, 0.2) is 0 Å². The molecule has 0 aliphatic rings. The molecule has 1 aromatic carbocycles. The molecule has 0 saturated heterocycles. The van der Waals surface area contributed by atoms with Crippen LogP contribution in [0.25, 0.3) is 0 Å². The van der Waals surface area contributed by atoms with Crippen molar-refractivity contribution in [2.24, 2.45) is 0 Å². The number of methoxy groups -OCH3 is 1. The molecule has 0 heterocycles. The quantitative estimate of drug-likeness (QED) is 0.819. The highest BCUT2D eigenvalue weighted by Gasteiger charge is 2.19. The topological polar surface area (TPSA) is 24.5 Å². The molecule has 1 aromatic rings. The zero-order valence-corrected chi connectivity index (χ0v) is 11.6. The van der Waals surface area contributed by atoms with E-state index in [1.807, 2.05) is 18.2 Å². The molecular formula is C14H24N2O. The lowest BCUT2D eigenvalue weighted by molar-refractivity contribution is 0.189. The smallest absolute Gasteiger partial charge is 0.123 e. The van der Waals surface area contributed by atoms with Crippen LogP contribution in [-0.2, 0) is 6.54 Å². The van der Waals surface area contributed by atoms with E-state index >= 15 is 0 Å². The van der Waals surface area contributed by atoms with Gasteiger partial charge in [0.1, 0.15) is 5.75 Å². The summed E-state index contributed by atoms with van der Waals surface area (Å²) in [7, 11) is 5.91. The van der Waals surface area contributed by atoms with Crippen molar-refractivity contribution in [1.82, 2.24) is 10.2 Å². The molecule has 0 aliphatic carbocycles. The van der Waals surface area contributed by atoms with Gasteiger partial charge in [-0.2, -0.15) is 0 Å². The lowest BCUT2D eigenvalue weighted by Crippen LogP contribution is -2.46. The zero-order chi connectivity index (χ0) is 12.9. The van der Waals surface area contributed by atoms with Gasteiger partial charge >= 0.3 is 0 Å². The lowest BCUT2D eigenvalue weighted by atomic mass is 10.0. The summed E-state index contributed by atoms with van der Waals surface area (Å²) in [6, 6.07) is 8.12. The summed E-state index contributed by atoms with van der Waals surface area (Å²) in [6.07, 6.45) is 0. The molecule has 1 rings (SSSR count). The first-order chi connectivity index (χ1) is 7.97. The Balaban J connectivity index is 2.51. The maximum atomic E-state index is 5.33. The largest absolute Gasteiger partial charge is 0.496 e. The standard InChI is InChI=1S/C14H24N2O/c1-14(2,16(3)4)11-15-10-12-8-6-7-9-13(12)17-5/h6-9,15H,10-11H2,1-5H3. The highest BCUT2D eigenvalue weighted by atomic mass is 16.5. The van der Waals surface area contributed by atoms with Gasteiger partial charge in [-0.15, -0.1) is 0 Å². The van der Waals surface area contributed by atoms with Crippen molar-refractivity contribution in [3.05, 3.63) is 29.8 Å². The number of nitrogens with zero attached hydrogens (tertiary/aromatic N) is 1. The summed E-state index contributed by atoms with van der Waals surface area (Å²) in [5, 5.41) is 3.48. The minimum absolute atomic E-state index is 0.155. The predicted octanol–water partition coefficient (Wildman–Crippen LogP) is 2.12. The van der Waals surface area contributed by atoms with Gasteiger partial charge < -0.3 is 15.0 Å². The first-order valence-corrected chi connectivity index (χ1v) is 5.97. The first kappa shape index (κ1) is 14.0. The molecule has 17 heavy (non-hydrogen) atoms. The minimum atomic E-state index is 0.155. The van der Waals surface area contributed by atoms with Crippen LogP contribution in [0.4, 0.5) is 0 Å². The molecule has 0 saturated carbocycles. The molecule has 0 amide bonds. The number of hydrogen-bond donors (Lipinski definition) is 1. The number of likely N-dealkylation sites (N-methyl/N-ethyl adjacent to an activating group) is 1. The molecule has 0 radical (unpaired) electrons. The summed E-state index contributed by atoms with van der Waals surface area (Å²) in [5.74, 6) is 0.947. The Bertz CT molecular complexity index is 348. The van der Waals surface area contributed by atoms with Crippen LogP contribution in [0.3, 0.4) is 0 Å². The van der Waals surface area contributed by atoms with Gasteiger partial charge in [-0.25, -0.2) is 0 Å². The van der Waals surface area contributed by atoms with Crippen LogP contribution in [-0.4, -0.2) is 38.2 Å². The number of rotatable bonds is 6. The molecule has 3 nitrogen and oxygen atoms in total. The van der Waals surface area contributed by atoms with Gasteiger partial charge in [0.2, 0.25) is 0 Å². The van der Waals surface area contributed by atoms with Crippen LogP contribution >= 0.6 is 0 Å². The van der Waals surface area contributed by atoms with E-state index in [2.05, 4.69) is 44.2 Å². The average molecular weight is 236 g/mol. The third kappa shape index (κ3) is 4.02. The molecule has 0 bridgehead atoms. The van der Waals surface area contributed by atoms with Gasteiger partial charge in [-0.3, -0.25) is 0 Å². The van der Waals surface area contributed by atoms with E-state index in [4.69, 9.17) is 4.74 Å². The van der Waals surface area contributed by atoms with Crippen LogP contribution < -0.4 is 10.1 Å². The lowest BCUT2D eigenvalue weighted by Gasteiger charge is -2.32. The third-order valence-corrected chi connectivity index (χ3v) is 3.28. The molecule has 0 spiro atoms. The fourth-order valence-corrected chi connectivity index (χ4v) is 1.51. The minimum Gasteiger partial charge on any atom is -0.496 e. The summed E-state index contributed by atoms with van der Waals surface area (Å²) in [4.78, 5) is 2.22. The van der Waals surface area contributed by atoms with Gasteiger partial charge in [0.05, 0.1) is 7.11 Å². The SMILES string of the molecule is COc1ccccc1CNCC(C)(C)N(C)C. The number of ether oxygens (including phenoxy) is 1. The Kier molecular flexibility index (Phi) is 4.97. The summed E-state index contributed by atoms with van der Waals surface area (Å²) < 4.78 is 5.33. The van der Waals surface area contributed by atoms with Crippen molar-refractivity contribution in [2.45, 2.75) is 25.9 Å². The van der Waals surface area contributed by atoms with E-state index in [1.54, 1.807) is 7.11 Å². The van der Waals surface area contributed by atoms with E-state index in [9.17, 15) is 0 Å². The molecule has 0 aliphatic heterocycles. The van der Waals surface area contributed by atoms with E-state index in [-0.39, 0.29) is 5.54 Å². The van der Waals surface area contributed by atoms with Crippen molar-refractivity contribution < 1.29 is 4.74 Å². The predicted molar refractivity (Wildman–Crippen MR) is 72.5 cm³/mol. The van der Waals surface area contributed by atoms with Gasteiger partial charge in [-0.1, -0.05) is 18.2 Å². The molecule has 0 unspecified atom stereocenters. The van der Waals surface area contributed by atoms with Gasteiger partial charge in [0, 0.05) is 24.2 Å². The normalized spacial score (nSPS) is 11.9. The first-order valence-electron chi connectivity index (χ1n) is 5.97. The molecule has 0 aromatic heterocycles. The molecule has 3 heteroatoms. The third-order valence-electron chi connectivity index (χ3n) is 3.28. The average Bonchev–Trinajstić information content (AvgIpc) is 2.29. The van der Waals surface area contributed by atoms with Crippen LogP contribution in [0.2, 0.25) is 0 Å². The Hall–Kier alpha value is -1.06. The second-order valence-electron chi connectivity index (χ2n) is 5.12. The van der Waals surface area contributed by atoms with Crippen molar-refractivity contribution in [2.75, 3.05) is 27.7 Å². The summed E-state index contributed by atoms with van der Waals surface area (Å²) >= 11 is 0. The van der Waals surface area contributed by atoms with E-state index in [0.29, 0.717) is 0 Å².